The van der Waals surface area contributed by atoms with Gasteiger partial charge in [0.05, 0.1) is 0 Å². The zero-order valence-electron chi connectivity index (χ0n) is 8.38. The SMILES string of the molecule is CC(C)(C)C(C)(C)C(O)C(=O)O. The Morgan fingerprint density at radius 3 is 1.58 bits per heavy atom. The summed E-state index contributed by atoms with van der Waals surface area (Å²) < 4.78 is 0. The summed E-state index contributed by atoms with van der Waals surface area (Å²) in [6, 6.07) is 0. The van der Waals surface area contributed by atoms with Crippen LogP contribution in [0.3, 0.4) is 0 Å². The molecule has 0 amide bonds. The van der Waals surface area contributed by atoms with E-state index in [1.807, 2.05) is 20.8 Å². The van der Waals surface area contributed by atoms with Crippen LogP contribution >= 0.6 is 0 Å². The van der Waals surface area contributed by atoms with E-state index in [-0.39, 0.29) is 5.41 Å². The predicted molar refractivity (Wildman–Crippen MR) is 46.9 cm³/mol. The van der Waals surface area contributed by atoms with Gasteiger partial charge in [-0.1, -0.05) is 34.6 Å². The van der Waals surface area contributed by atoms with Crippen LogP contribution in [0.25, 0.3) is 0 Å². The van der Waals surface area contributed by atoms with Crippen molar-refractivity contribution in [1.29, 1.82) is 0 Å². The Balaban J connectivity index is 4.73. The van der Waals surface area contributed by atoms with Gasteiger partial charge < -0.3 is 10.2 Å². The highest BCUT2D eigenvalue weighted by atomic mass is 16.4. The molecule has 0 heterocycles. The number of aliphatic hydroxyl groups excluding tert-OH is 1. The smallest absolute Gasteiger partial charge is 0.333 e. The number of aliphatic carboxylic acids is 1. The zero-order valence-corrected chi connectivity index (χ0v) is 8.38. The van der Waals surface area contributed by atoms with Crippen LogP contribution in [0.4, 0.5) is 0 Å². The van der Waals surface area contributed by atoms with Gasteiger partial charge in [0, 0.05) is 5.41 Å². The Morgan fingerprint density at radius 1 is 1.17 bits per heavy atom. The number of carboxylic acids is 1. The van der Waals surface area contributed by atoms with Crippen molar-refractivity contribution in [3.63, 3.8) is 0 Å². The molecule has 72 valence electrons. The lowest BCUT2D eigenvalue weighted by Crippen LogP contribution is -2.45. The quantitative estimate of drug-likeness (QED) is 0.667. The van der Waals surface area contributed by atoms with E-state index in [9.17, 15) is 9.90 Å². The molecule has 0 aromatic carbocycles. The van der Waals surface area contributed by atoms with Crippen LogP contribution in [0.5, 0.6) is 0 Å². The summed E-state index contributed by atoms with van der Waals surface area (Å²) in [6.07, 6.45) is -1.31. The van der Waals surface area contributed by atoms with E-state index in [0.29, 0.717) is 0 Å². The fraction of sp³-hybridized carbons (Fsp3) is 0.889. The summed E-state index contributed by atoms with van der Waals surface area (Å²) in [5.41, 5.74) is -0.858. The number of aliphatic hydroxyl groups is 1. The molecular weight excluding hydrogens is 156 g/mol. The second-order valence-electron chi connectivity index (χ2n) is 4.71. The maximum atomic E-state index is 10.5. The van der Waals surface area contributed by atoms with Crippen molar-refractivity contribution in [3.8, 4) is 0 Å². The molecule has 0 fully saturated rings. The van der Waals surface area contributed by atoms with Gasteiger partial charge in [0.1, 0.15) is 0 Å². The highest BCUT2D eigenvalue weighted by molar-refractivity contribution is 5.73. The molecule has 0 rings (SSSR count). The van der Waals surface area contributed by atoms with Crippen molar-refractivity contribution in [2.75, 3.05) is 0 Å². The molecule has 0 saturated carbocycles. The number of hydrogen-bond acceptors (Lipinski definition) is 2. The molecule has 0 aliphatic carbocycles. The van der Waals surface area contributed by atoms with Gasteiger partial charge in [-0.05, 0) is 5.41 Å². The van der Waals surface area contributed by atoms with Gasteiger partial charge >= 0.3 is 5.97 Å². The second-order valence-corrected chi connectivity index (χ2v) is 4.71. The molecule has 1 unspecified atom stereocenters. The minimum Gasteiger partial charge on any atom is -0.479 e. The largest absolute Gasteiger partial charge is 0.479 e. The molecule has 1 atom stereocenters. The lowest BCUT2D eigenvalue weighted by atomic mass is 9.66. The van der Waals surface area contributed by atoms with Gasteiger partial charge in [0.25, 0.3) is 0 Å². The first-order valence-electron chi connectivity index (χ1n) is 4.01. The van der Waals surface area contributed by atoms with E-state index >= 15 is 0 Å². The van der Waals surface area contributed by atoms with Gasteiger partial charge in [-0.3, -0.25) is 0 Å². The molecule has 0 bridgehead atoms. The standard InChI is InChI=1S/C9H18O3/c1-8(2,3)9(4,5)6(10)7(11)12/h6,10H,1-5H3,(H,11,12). The van der Waals surface area contributed by atoms with Crippen molar-refractivity contribution in [3.05, 3.63) is 0 Å². The molecule has 0 aliphatic rings. The Morgan fingerprint density at radius 2 is 1.50 bits per heavy atom. The first kappa shape index (κ1) is 11.4. The van der Waals surface area contributed by atoms with E-state index < -0.39 is 17.5 Å². The van der Waals surface area contributed by atoms with Crippen LogP contribution in [0.15, 0.2) is 0 Å². The minimum absolute atomic E-state index is 0.231. The molecule has 0 aromatic rings. The van der Waals surface area contributed by atoms with E-state index in [4.69, 9.17) is 5.11 Å². The maximum absolute atomic E-state index is 10.5. The summed E-state index contributed by atoms with van der Waals surface area (Å²) in [6.45, 7) is 9.26. The first-order chi connectivity index (χ1) is 5.10. The molecule has 0 aliphatic heterocycles. The second kappa shape index (κ2) is 3.05. The molecular formula is C9H18O3. The number of hydrogen-bond donors (Lipinski definition) is 2. The summed E-state index contributed by atoms with van der Waals surface area (Å²) in [5.74, 6) is -1.16. The molecule has 3 heteroatoms. The van der Waals surface area contributed by atoms with Crippen LogP contribution in [0.1, 0.15) is 34.6 Å². The molecule has 0 saturated heterocycles. The number of rotatable bonds is 2. The average molecular weight is 174 g/mol. The Labute approximate surface area is 73.4 Å². The van der Waals surface area contributed by atoms with E-state index in [2.05, 4.69) is 0 Å². The van der Waals surface area contributed by atoms with Gasteiger partial charge in [-0.25, -0.2) is 4.79 Å². The summed E-state index contributed by atoms with van der Waals surface area (Å²) in [7, 11) is 0. The van der Waals surface area contributed by atoms with E-state index in [1.54, 1.807) is 13.8 Å². The lowest BCUT2D eigenvalue weighted by molar-refractivity contribution is -0.158. The van der Waals surface area contributed by atoms with Crippen LogP contribution in [0.2, 0.25) is 0 Å². The fourth-order valence-electron chi connectivity index (χ4n) is 0.719. The highest BCUT2D eigenvalue weighted by Gasteiger charge is 2.42. The third-order valence-electron chi connectivity index (χ3n) is 2.85. The molecule has 2 N–H and O–H groups in total. The highest BCUT2D eigenvalue weighted by Crippen LogP contribution is 2.40. The molecule has 0 spiro atoms. The van der Waals surface area contributed by atoms with Crippen molar-refractivity contribution < 1.29 is 15.0 Å². The predicted octanol–water partition coefficient (Wildman–Crippen LogP) is 1.50. The van der Waals surface area contributed by atoms with Crippen molar-refractivity contribution in [2.45, 2.75) is 40.7 Å². The summed E-state index contributed by atoms with van der Waals surface area (Å²) >= 11 is 0. The van der Waals surface area contributed by atoms with Crippen molar-refractivity contribution in [2.24, 2.45) is 10.8 Å². The van der Waals surface area contributed by atoms with Gasteiger partial charge in [-0.15, -0.1) is 0 Å². The normalized spacial score (nSPS) is 15.8. The minimum atomic E-state index is -1.31. The first-order valence-corrected chi connectivity index (χ1v) is 4.01. The number of carbonyl (C=O) groups is 1. The molecule has 3 nitrogen and oxygen atoms in total. The Hall–Kier alpha value is -0.570. The zero-order chi connectivity index (χ0) is 10.2. The van der Waals surface area contributed by atoms with Crippen molar-refractivity contribution >= 4 is 5.97 Å². The topological polar surface area (TPSA) is 57.5 Å². The molecule has 12 heavy (non-hydrogen) atoms. The van der Waals surface area contributed by atoms with Crippen LogP contribution in [-0.4, -0.2) is 22.3 Å². The van der Waals surface area contributed by atoms with Crippen LogP contribution < -0.4 is 0 Å². The third kappa shape index (κ3) is 1.97. The molecule has 0 aromatic heterocycles. The van der Waals surface area contributed by atoms with Gasteiger partial charge in [-0.2, -0.15) is 0 Å². The van der Waals surface area contributed by atoms with E-state index in [1.165, 1.54) is 0 Å². The Bertz CT molecular complexity index is 177. The van der Waals surface area contributed by atoms with Crippen LogP contribution in [0, 0.1) is 10.8 Å². The summed E-state index contributed by atoms with van der Waals surface area (Å²) in [4.78, 5) is 10.5. The van der Waals surface area contributed by atoms with Gasteiger partial charge in [0.15, 0.2) is 6.10 Å². The van der Waals surface area contributed by atoms with Crippen LogP contribution in [-0.2, 0) is 4.79 Å². The fourth-order valence-corrected chi connectivity index (χ4v) is 0.719. The molecule has 0 radical (unpaired) electrons. The number of carboxylic acid groups (broad SMARTS) is 1. The van der Waals surface area contributed by atoms with Gasteiger partial charge in [0.2, 0.25) is 0 Å². The van der Waals surface area contributed by atoms with E-state index in [0.717, 1.165) is 0 Å². The maximum Gasteiger partial charge on any atom is 0.333 e. The average Bonchev–Trinajstić information content (AvgIpc) is 1.83. The van der Waals surface area contributed by atoms with Crippen molar-refractivity contribution in [1.82, 2.24) is 0 Å². The lowest BCUT2D eigenvalue weighted by Gasteiger charge is -2.40. The monoisotopic (exact) mass is 174 g/mol. The Kier molecular flexibility index (Phi) is 2.91. The summed E-state index contributed by atoms with van der Waals surface area (Å²) in [5, 5.41) is 18.0. The third-order valence-corrected chi connectivity index (χ3v) is 2.85.